The average Bonchev–Trinajstić information content (AvgIpc) is 2.39. The topological polar surface area (TPSA) is 52.7 Å². The third-order valence-corrected chi connectivity index (χ3v) is 3.11. The second-order valence-electron chi connectivity index (χ2n) is 5.20. The monoisotopic (exact) mass is 351 g/mol. The molecule has 0 fully saturated rings. The van der Waals surface area contributed by atoms with Crippen LogP contribution in [0.1, 0.15) is 5.56 Å². The molecule has 0 unspecified atom stereocenters. The van der Waals surface area contributed by atoms with Crippen LogP contribution >= 0.6 is 11.6 Å². The van der Waals surface area contributed by atoms with Gasteiger partial charge in [-0.2, -0.15) is 13.2 Å². The summed E-state index contributed by atoms with van der Waals surface area (Å²) in [6, 6.07) is 3.09. The first-order chi connectivity index (χ1) is 10.5. The maximum absolute atomic E-state index is 12.9. The summed E-state index contributed by atoms with van der Waals surface area (Å²) in [5.74, 6) is -0.880. The molecule has 1 aromatic carbocycles. The molecule has 0 bridgehead atoms. The van der Waals surface area contributed by atoms with E-state index >= 15 is 0 Å². The summed E-state index contributed by atoms with van der Waals surface area (Å²) < 4.78 is 38.8. The van der Waals surface area contributed by atoms with E-state index < -0.39 is 17.6 Å². The van der Waals surface area contributed by atoms with Crippen molar-refractivity contribution in [2.75, 3.05) is 39.5 Å². The van der Waals surface area contributed by atoms with Gasteiger partial charge >= 0.3 is 6.18 Å². The first-order valence-corrected chi connectivity index (χ1v) is 6.93. The number of alkyl halides is 3. The van der Waals surface area contributed by atoms with Crippen LogP contribution in [-0.2, 0) is 15.8 Å². The maximum Gasteiger partial charge on any atom is 0.418 e. The summed E-state index contributed by atoms with van der Waals surface area (Å²) >= 11 is 5.57. The molecule has 0 heterocycles. The minimum absolute atomic E-state index is 0.0207. The molecule has 0 aromatic heterocycles. The van der Waals surface area contributed by atoms with Crippen LogP contribution in [0.25, 0.3) is 0 Å². The number of rotatable bonds is 5. The second-order valence-corrected chi connectivity index (χ2v) is 5.63. The van der Waals surface area contributed by atoms with Gasteiger partial charge in [-0.05, 0) is 25.2 Å². The molecule has 0 radical (unpaired) electrons. The van der Waals surface area contributed by atoms with Crippen LogP contribution < -0.4 is 5.32 Å². The van der Waals surface area contributed by atoms with Crippen LogP contribution in [0.5, 0.6) is 0 Å². The number of amides is 2. The van der Waals surface area contributed by atoms with E-state index in [9.17, 15) is 22.8 Å². The maximum atomic E-state index is 12.9. The van der Waals surface area contributed by atoms with Crippen molar-refractivity contribution in [2.24, 2.45) is 0 Å². The average molecular weight is 352 g/mol. The Labute approximate surface area is 137 Å². The summed E-state index contributed by atoms with van der Waals surface area (Å²) in [5, 5.41) is 2.11. The molecule has 9 heteroatoms. The van der Waals surface area contributed by atoms with Crippen molar-refractivity contribution in [3.63, 3.8) is 0 Å². The Kier molecular flexibility index (Phi) is 6.40. The van der Waals surface area contributed by atoms with E-state index in [-0.39, 0.29) is 29.7 Å². The van der Waals surface area contributed by atoms with Gasteiger partial charge in [0.2, 0.25) is 11.8 Å². The SMILES string of the molecule is CN(CC(=O)Nc1ccc(Cl)cc1C(F)(F)F)CC(=O)N(C)C. The van der Waals surface area contributed by atoms with Crippen LogP contribution in [0.3, 0.4) is 0 Å². The Bertz CT molecular complexity index is 591. The molecule has 0 aliphatic heterocycles. The van der Waals surface area contributed by atoms with Crippen molar-refractivity contribution in [3.8, 4) is 0 Å². The molecule has 2 amide bonds. The lowest BCUT2D eigenvalue weighted by Crippen LogP contribution is -2.38. The van der Waals surface area contributed by atoms with Crippen molar-refractivity contribution >= 4 is 29.1 Å². The normalized spacial score (nSPS) is 11.5. The first-order valence-electron chi connectivity index (χ1n) is 6.56. The Balaban J connectivity index is 2.77. The van der Waals surface area contributed by atoms with E-state index in [0.717, 1.165) is 12.1 Å². The third-order valence-electron chi connectivity index (χ3n) is 2.88. The Morgan fingerprint density at radius 3 is 2.30 bits per heavy atom. The smallest absolute Gasteiger partial charge is 0.348 e. The van der Waals surface area contributed by atoms with Crippen molar-refractivity contribution in [1.29, 1.82) is 0 Å². The molecule has 1 aromatic rings. The number of halogens is 4. The molecule has 0 spiro atoms. The Morgan fingerprint density at radius 1 is 1.17 bits per heavy atom. The van der Waals surface area contributed by atoms with E-state index in [4.69, 9.17) is 11.6 Å². The molecule has 0 saturated heterocycles. The second kappa shape index (κ2) is 7.65. The van der Waals surface area contributed by atoms with Gasteiger partial charge in [0.25, 0.3) is 0 Å². The lowest BCUT2D eigenvalue weighted by Gasteiger charge is -2.19. The van der Waals surface area contributed by atoms with E-state index in [1.165, 1.54) is 22.9 Å². The van der Waals surface area contributed by atoms with Crippen LogP contribution in [0, 0.1) is 0 Å². The molecule has 1 rings (SSSR count). The van der Waals surface area contributed by atoms with Gasteiger partial charge in [0.1, 0.15) is 0 Å². The standard InChI is InChI=1S/C14H17ClF3N3O2/c1-20(2)13(23)8-21(3)7-12(22)19-11-5-4-9(15)6-10(11)14(16,17)18/h4-6H,7-8H2,1-3H3,(H,19,22). The molecule has 0 atom stereocenters. The van der Waals surface area contributed by atoms with Crippen LogP contribution in [-0.4, -0.2) is 55.8 Å². The molecule has 0 aliphatic carbocycles. The number of hydrogen-bond acceptors (Lipinski definition) is 3. The van der Waals surface area contributed by atoms with Crippen LogP contribution in [0.4, 0.5) is 18.9 Å². The van der Waals surface area contributed by atoms with Crippen molar-refractivity contribution in [3.05, 3.63) is 28.8 Å². The number of anilines is 1. The fourth-order valence-electron chi connectivity index (χ4n) is 1.72. The largest absolute Gasteiger partial charge is 0.418 e. The highest BCUT2D eigenvalue weighted by atomic mass is 35.5. The van der Waals surface area contributed by atoms with Crippen molar-refractivity contribution in [1.82, 2.24) is 9.80 Å². The number of nitrogens with one attached hydrogen (secondary N) is 1. The molecule has 1 N–H and O–H groups in total. The van der Waals surface area contributed by atoms with Gasteiger partial charge in [0.15, 0.2) is 0 Å². The number of nitrogens with zero attached hydrogens (tertiary/aromatic N) is 2. The van der Waals surface area contributed by atoms with Gasteiger partial charge in [0.05, 0.1) is 24.3 Å². The minimum atomic E-state index is -4.64. The van der Waals surface area contributed by atoms with E-state index in [2.05, 4.69) is 5.32 Å². The fourth-order valence-corrected chi connectivity index (χ4v) is 1.90. The zero-order chi connectivity index (χ0) is 17.8. The lowest BCUT2D eigenvalue weighted by atomic mass is 10.1. The number of hydrogen-bond donors (Lipinski definition) is 1. The number of benzene rings is 1. The van der Waals surface area contributed by atoms with Gasteiger partial charge in [-0.1, -0.05) is 11.6 Å². The zero-order valence-electron chi connectivity index (χ0n) is 12.9. The summed E-state index contributed by atoms with van der Waals surface area (Å²) in [6.45, 7) is -0.243. The van der Waals surface area contributed by atoms with Gasteiger partial charge in [-0.15, -0.1) is 0 Å². The Hall–Kier alpha value is -1.80. The number of carbonyl (C=O) groups is 2. The number of likely N-dealkylation sites (N-methyl/N-ethyl adjacent to an activating group) is 2. The minimum Gasteiger partial charge on any atom is -0.348 e. The van der Waals surface area contributed by atoms with E-state index in [1.54, 1.807) is 14.1 Å². The molecular weight excluding hydrogens is 335 g/mol. The van der Waals surface area contributed by atoms with Gasteiger partial charge < -0.3 is 10.2 Å². The summed E-state index contributed by atoms with van der Waals surface area (Å²) in [4.78, 5) is 26.1. The number of carbonyl (C=O) groups excluding carboxylic acids is 2. The van der Waals surface area contributed by atoms with Gasteiger partial charge in [-0.25, -0.2) is 0 Å². The van der Waals surface area contributed by atoms with Crippen LogP contribution in [0.2, 0.25) is 5.02 Å². The molecule has 5 nitrogen and oxygen atoms in total. The predicted octanol–water partition coefficient (Wildman–Crippen LogP) is 2.32. The third kappa shape index (κ3) is 6.07. The van der Waals surface area contributed by atoms with Gasteiger partial charge in [0, 0.05) is 19.1 Å². The summed E-state index contributed by atoms with van der Waals surface area (Å²) in [6.07, 6.45) is -4.64. The van der Waals surface area contributed by atoms with E-state index in [0.29, 0.717) is 0 Å². The van der Waals surface area contributed by atoms with Crippen molar-refractivity contribution in [2.45, 2.75) is 6.18 Å². The zero-order valence-corrected chi connectivity index (χ0v) is 13.6. The van der Waals surface area contributed by atoms with Gasteiger partial charge in [-0.3, -0.25) is 14.5 Å². The first kappa shape index (κ1) is 19.2. The fraction of sp³-hybridized carbons (Fsp3) is 0.429. The predicted molar refractivity (Wildman–Crippen MR) is 81.3 cm³/mol. The molecule has 23 heavy (non-hydrogen) atoms. The highest BCUT2D eigenvalue weighted by Crippen LogP contribution is 2.36. The van der Waals surface area contributed by atoms with E-state index in [1.807, 2.05) is 0 Å². The molecule has 0 aliphatic rings. The highest BCUT2D eigenvalue weighted by Gasteiger charge is 2.34. The quantitative estimate of drug-likeness (QED) is 0.885. The Morgan fingerprint density at radius 2 is 1.78 bits per heavy atom. The molecule has 128 valence electrons. The summed E-state index contributed by atoms with van der Waals surface area (Å²) in [7, 11) is 4.66. The van der Waals surface area contributed by atoms with Crippen molar-refractivity contribution < 1.29 is 22.8 Å². The lowest BCUT2D eigenvalue weighted by molar-refractivity contribution is -0.137. The summed E-state index contributed by atoms with van der Waals surface area (Å²) in [5.41, 5.74) is -1.40. The molecular formula is C14H17ClF3N3O2. The highest BCUT2D eigenvalue weighted by molar-refractivity contribution is 6.30. The van der Waals surface area contributed by atoms with Crippen LogP contribution in [0.15, 0.2) is 18.2 Å². The molecule has 0 saturated carbocycles.